The van der Waals surface area contributed by atoms with Gasteiger partial charge in [-0.3, -0.25) is 0 Å². The summed E-state index contributed by atoms with van der Waals surface area (Å²) in [6.45, 7) is 3.19. The zero-order chi connectivity index (χ0) is 11.4. The van der Waals surface area contributed by atoms with E-state index in [1.54, 1.807) is 11.3 Å². The highest BCUT2D eigenvalue weighted by Gasteiger charge is 2.11. The van der Waals surface area contributed by atoms with E-state index in [4.69, 9.17) is 5.73 Å². The second kappa shape index (κ2) is 5.27. The van der Waals surface area contributed by atoms with Gasteiger partial charge in [-0.1, -0.05) is 6.92 Å². The molecule has 0 fully saturated rings. The molecule has 1 unspecified atom stereocenters. The van der Waals surface area contributed by atoms with Gasteiger partial charge in [-0.2, -0.15) is 11.3 Å². The number of hydrogen-bond acceptors (Lipinski definition) is 3. The predicted octanol–water partition coefficient (Wildman–Crippen LogP) is 2.60. The third kappa shape index (κ3) is 2.51. The largest absolute Gasteiger partial charge is 0.335 e. The van der Waals surface area contributed by atoms with Crippen molar-refractivity contribution in [2.75, 3.05) is 0 Å². The van der Waals surface area contributed by atoms with Gasteiger partial charge in [0.15, 0.2) is 0 Å². The van der Waals surface area contributed by atoms with Crippen molar-refractivity contribution in [3.05, 3.63) is 40.6 Å². The van der Waals surface area contributed by atoms with E-state index in [2.05, 4.69) is 33.3 Å². The number of nitrogens with zero attached hydrogens (tertiary/aromatic N) is 2. The van der Waals surface area contributed by atoms with Gasteiger partial charge in [-0.25, -0.2) is 4.98 Å². The van der Waals surface area contributed by atoms with E-state index in [0.29, 0.717) is 0 Å². The van der Waals surface area contributed by atoms with Crippen LogP contribution in [-0.2, 0) is 13.0 Å². The molecule has 0 aliphatic heterocycles. The molecule has 2 N–H and O–H groups in total. The van der Waals surface area contributed by atoms with Crippen LogP contribution in [-0.4, -0.2) is 9.55 Å². The van der Waals surface area contributed by atoms with Gasteiger partial charge >= 0.3 is 0 Å². The Balaban J connectivity index is 2.06. The molecule has 2 heterocycles. The average molecular weight is 235 g/mol. The lowest BCUT2D eigenvalue weighted by atomic mass is 10.1. The van der Waals surface area contributed by atoms with Crippen molar-refractivity contribution in [2.45, 2.75) is 32.4 Å². The zero-order valence-electron chi connectivity index (χ0n) is 9.47. The molecule has 0 aliphatic rings. The smallest absolute Gasteiger partial charge is 0.110 e. The molecule has 0 amide bonds. The number of nitrogens with two attached hydrogens (primary N) is 1. The third-order valence-corrected chi connectivity index (χ3v) is 3.34. The van der Waals surface area contributed by atoms with Gasteiger partial charge in [-0.05, 0) is 28.8 Å². The molecule has 86 valence electrons. The third-order valence-electron chi connectivity index (χ3n) is 2.64. The fourth-order valence-corrected chi connectivity index (χ4v) is 2.50. The number of aryl methyl sites for hydroxylation is 1. The van der Waals surface area contributed by atoms with Crippen molar-refractivity contribution in [1.29, 1.82) is 0 Å². The van der Waals surface area contributed by atoms with Crippen LogP contribution in [0.5, 0.6) is 0 Å². The molecule has 0 aliphatic carbocycles. The Kier molecular flexibility index (Phi) is 3.74. The molecule has 0 aromatic carbocycles. The minimum atomic E-state index is 0.0595. The van der Waals surface area contributed by atoms with E-state index < -0.39 is 0 Å². The number of imidazole rings is 1. The maximum absolute atomic E-state index is 6.15. The second-order valence-corrected chi connectivity index (χ2v) is 4.68. The molecule has 0 bridgehead atoms. The summed E-state index contributed by atoms with van der Waals surface area (Å²) < 4.78 is 2.19. The summed E-state index contributed by atoms with van der Waals surface area (Å²) in [6.07, 6.45) is 5.81. The summed E-state index contributed by atoms with van der Waals surface area (Å²) in [6, 6.07) is 2.15. The molecule has 2 rings (SSSR count). The van der Waals surface area contributed by atoms with E-state index in [-0.39, 0.29) is 6.04 Å². The summed E-state index contributed by atoms with van der Waals surface area (Å²) in [7, 11) is 0. The summed E-state index contributed by atoms with van der Waals surface area (Å²) in [4.78, 5) is 4.37. The average Bonchev–Trinajstić information content (AvgIpc) is 2.90. The van der Waals surface area contributed by atoms with Crippen LogP contribution >= 0.6 is 11.3 Å². The highest BCUT2D eigenvalue weighted by molar-refractivity contribution is 7.07. The maximum Gasteiger partial charge on any atom is 0.110 e. The lowest BCUT2D eigenvalue weighted by Gasteiger charge is -2.11. The topological polar surface area (TPSA) is 43.8 Å². The van der Waals surface area contributed by atoms with Gasteiger partial charge in [0, 0.05) is 31.4 Å². The first-order valence-corrected chi connectivity index (χ1v) is 6.53. The van der Waals surface area contributed by atoms with Crippen LogP contribution in [0.25, 0.3) is 0 Å². The highest BCUT2D eigenvalue weighted by Crippen LogP contribution is 2.17. The van der Waals surface area contributed by atoms with Gasteiger partial charge in [0.05, 0.1) is 0 Å². The van der Waals surface area contributed by atoms with E-state index in [9.17, 15) is 0 Å². The Hall–Kier alpha value is -1.13. The summed E-state index contributed by atoms with van der Waals surface area (Å²) >= 11 is 1.69. The van der Waals surface area contributed by atoms with Crippen LogP contribution in [0.1, 0.15) is 30.8 Å². The van der Waals surface area contributed by atoms with Crippen molar-refractivity contribution in [1.82, 2.24) is 9.55 Å². The summed E-state index contributed by atoms with van der Waals surface area (Å²) in [5, 5.41) is 4.17. The first-order valence-electron chi connectivity index (χ1n) is 5.59. The fourth-order valence-electron chi connectivity index (χ4n) is 1.78. The molecular weight excluding hydrogens is 218 g/mol. The molecule has 16 heavy (non-hydrogen) atoms. The number of thiophene rings is 1. The molecule has 2 aromatic heterocycles. The van der Waals surface area contributed by atoms with E-state index >= 15 is 0 Å². The normalized spacial score (nSPS) is 12.9. The van der Waals surface area contributed by atoms with E-state index in [1.807, 2.05) is 12.4 Å². The zero-order valence-corrected chi connectivity index (χ0v) is 10.3. The summed E-state index contributed by atoms with van der Waals surface area (Å²) in [5.41, 5.74) is 7.35. The lowest BCUT2D eigenvalue weighted by molar-refractivity contribution is 0.599. The first kappa shape index (κ1) is 11.4. The predicted molar refractivity (Wildman–Crippen MR) is 67.5 cm³/mol. The van der Waals surface area contributed by atoms with Crippen LogP contribution in [0, 0.1) is 0 Å². The van der Waals surface area contributed by atoms with E-state index in [1.165, 1.54) is 5.56 Å². The second-order valence-electron chi connectivity index (χ2n) is 3.90. The van der Waals surface area contributed by atoms with Gasteiger partial charge < -0.3 is 10.3 Å². The van der Waals surface area contributed by atoms with Crippen molar-refractivity contribution in [3.63, 3.8) is 0 Å². The van der Waals surface area contributed by atoms with Gasteiger partial charge in [0.25, 0.3) is 0 Å². The van der Waals surface area contributed by atoms with Gasteiger partial charge in [0.2, 0.25) is 0 Å². The highest BCUT2D eigenvalue weighted by atomic mass is 32.1. The molecule has 1 atom stereocenters. The van der Waals surface area contributed by atoms with E-state index in [0.717, 1.165) is 25.2 Å². The standard InChI is InChI=1S/C12H17N3S/c1-2-5-15-6-4-14-12(15)8-11(13)10-3-7-16-9-10/h3-4,6-7,9,11H,2,5,8,13H2,1H3. The first-order chi connectivity index (χ1) is 7.81. The van der Waals surface area contributed by atoms with Gasteiger partial charge in [0.1, 0.15) is 5.82 Å². The monoisotopic (exact) mass is 235 g/mol. The van der Waals surface area contributed by atoms with Crippen LogP contribution in [0.2, 0.25) is 0 Å². The van der Waals surface area contributed by atoms with Crippen molar-refractivity contribution in [2.24, 2.45) is 5.73 Å². The van der Waals surface area contributed by atoms with Crippen molar-refractivity contribution >= 4 is 11.3 Å². The molecule has 0 saturated carbocycles. The SMILES string of the molecule is CCCn1ccnc1CC(N)c1ccsc1. The van der Waals surface area contributed by atoms with Gasteiger partial charge in [-0.15, -0.1) is 0 Å². The maximum atomic E-state index is 6.15. The Morgan fingerprint density at radius 1 is 1.56 bits per heavy atom. The van der Waals surface area contributed by atoms with Crippen molar-refractivity contribution in [3.8, 4) is 0 Å². The van der Waals surface area contributed by atoms with Crippen LogP contribution in [0.4, 0.5) is 0 Å². The summed E-state index contributed by atoms with van der Waals surface area (Å²) in [5.74, 6) is 1.08. The minimum Gasteiger partial charge on any atom is -0.335 e. The Morgan fingerprint density at radius 3 is 3.12 bits per heavy atom. The van der Waals surface area contributed by atoms with Crippen LogP contribution in [0.3, 0.4) is 0 Å². The minimum absolute atomic E-state index is 0.0595. The molecule has 2 aromatic rings. The fraction of sp³-hybridized carbons (Fsp3) is 0.417. The Morgan fingerprint density at radius 2 is 2.44 bits per heavy atom. The van der Waals surface area contributed by atoms with Crippen LogP contribution < -0.4 is 5.73 Å². The molecule has 0 spiro atoms. The Labute approximate surface area is 99.9 Å². The Bertz CT molecular complexity index is 419. The van der Waals surface area contributed by atoms with Crippen molar-refractivity contribution < 1.29 is 0 Å². The molecule has 4 heteroatoms. The quantitative estimate of drug-likeness (QED) is 0.865. The molecule has 0 saturated heterocycles. The number of hydrogen-bond donors (Lipinski definition) is 1. The number of rotatable bonds is 5. The lowest BCUT2D eigenvalue weighted by Crippen LogP contribution is -2.15. The molecule has 3 nitrogen and oxygen atoms in total. The van der Waals surface area contributed by atoms with Crippen LogP contribution in [0.15, 0.2) is 29.2 Å². The molecule has 0 radical (unpaired) electrons. The molecular formula is C12H17N3S. The number of aromatic nitrogens is 2.